The van der Waals surface area contributed by atoms with Crippen molar-refractivity contribution in [2.75, 3.05) is 0 Å². The van der Waals surface area contributed by atoms with Crippen molar-refractivity contribution >= 4 is 23.5 Å². The molecular formula is C7H5N3OS. The predicted molar refractivity (Wildman–Crippen MR) is 45.9 cm³/mol. The summed E-state index contributed by atoms with van der Waals surface area (Å²) in [6, 6.07) is 5.12. The van der Waals surface area contributed by atoms with Crippen LogP contribution in [-0.2, 0) is 0 Å². The Morgan fingerprint density at radius 3 is 3.25 bits per heavy atom. The highest BCUT2D eigenvalue weighted by Gasteiger charge is 2.02. The molecule has 60 valence electrons. The van der Waals surface area contributed by atoms with E-state index in [1.165, 1.54) is 11.3 Å². The number of thiophene rings is 1. The van der Waals surface area contributed by atoms with Crippen molar-refractivity contribution in [3.8, 4) is 6.07 Å². The van der Waals surface area contributed by atoms with Crippen molar-refractivity contribution in [1.82, 2.24) is 5.43 Å². The number of hydrogen-bond donors (Lipinski definition) is 1. The van der Waals surface area contributed by atoms with E-state index < -0.39 is 0 Å². The van der Waals surface area contributed by atoms with Crippen LogP contribution in [0.25, 0.3) is 0 Å². The molecule has 5 heteroatoms. The molecule has 0 atom stereocenters. The van der Waals surface area contributed by atoms with E-state index in [0.717, 1.165) is 6.21 Å². The Morgan fingerprint density at radius 1 is 1.83 bits per heavy atom. The summed E-state index contributed by atoms with van der Waals surface area (Å²) in [6.45, 7) is 0. The fourth-order valence-corrected chi connectivity index (χ4v) is 1.20. The average Bonchev–Trinajstić information content (AvgIpc) is 2.56. The van der Waals surface area contributed by atoms with Crippen LogP contribution < -0.4 is 5.43 Å². The van der Waals surface area contributed by atoms with Gasteiger partial charge in [-0.25, -0.2) is 5.43 Å². The lowest BCUT2D eigenvalue weighted by Crippen LogP contribution is -2.15. The van der Waals surface area contributed by atoms with Crippen LogP contribution in [0.4, 0.5) is 0 Å². The summed E-state index contributed by atoms with van der Waals surface area (Å²) in [6.07, 6.45) is 0.964. The van der Waals surface area contributed by atoms with Crippen molar-refractivity contribution in [3.05, 3.63) is 22.4 Å². The van der Waals surface area contributed by atoms with E-state index in [4.69, 9.17) is 5.26 Å². The minimum atomic E-state index is -0.295. The summed E-state index contributed by atoms with van der Waals surface area (Å²) in [7, 11) is 0. The van der Waals surface area contributed by atoms with E-state index in [9.17, 15) is 4.79 Å². The Labute approximate surface area is 73.1 Å². The molecular weight excluding hydrogens is 174 g/mol. The van der Waals surface area contributed by atoms with Gasteiger partial charge in [-0.1, -0.05) is 6.07 Å². The minimum absolute atomic E-state index is 0.295. The van der Waals surface area contributed by atoms with Gasteiger partial charge in [-0.3, -0.25) is 4.79 Å². The molecule has 0 saturated carbocycles. The van der Waals surface area contributed by atoms with Crippen LogP contribution >= 0.6 is 11.3 Å². The Bertz CT molecular complexity index is 323. The maximum atomic E-state index is 11.1. The van der Waals surface area contributed by atoms with Gasteiger partial charge in [0, 0.05) is 0 Å². The molecule has 4 nitrogen and oxygen atoms in total. The molecule has 0 radical (unpaired) electrons. The number of amides is 1. The van der Waals surface area contributed by atoms with Crippen molar-refractivity contribution in [1.29, 1.82) is 5.26 Å². The third-order valence-electron chi connectivity index (χ3n) is 1.03. The first-order chi connectivity index (χ1) is 5.84. The van der Waals surface area contributed by atoms with Gasteiger partial charge in [0.1, 0.15) is 12.3 Å². The molecule has 0 aromatic carbocycles. The zero-order chi connectivity index (χ0) is 8.81. The number of rotatable bonds is 2. The standard InChI is InChI=1S/C7H5N3OS/c8-3-4-9-10-7(11)6-2-1-5-12-6/h1-2,4-5H,(H,10,11)/b9-4+. The van der Waals surface area contributed by atoms with E-state index in [1.807, 2.05) is 0 Å². The van der Waals surface area contributed by atoms with Crippen LogP contribution in [0.15, 0.2) is 22.6 Å². The summed E-state index contributed by atoms with van der Waals surface area (Å²) in [5.74, 6) is -0.295. The van der Waals surface area contributed by atoms with Crippen molar-refractivity contribution in [2.24, 2.45) is 5.10 Å². The maximum Gasteiger partial charge on any atom is 0.281 e. The summed E-state index contributed by atoms with van der Waals surface area (Å²) < 4.78 is 0. The molecule has 0 unspecified atom stereocenters. The van der Waals surface area contributed by atoms with Crippen LogP contribution in [0.3, 0.4) is 0 Å². The van der Waals surface area contributed by atoms with E-state index in [0.29, 0.717) is 4.88 Å². The molecule has 1 heterocycles. The second-order valence-corrected chi connectivity index (χ2v) is 2.75. The minimum Gasteiger partial charge on any atom is -0.266 e. The molecule has 0 bridgehead atoms. The zero-order valence-corrected chi connectivity index (χ0v) is 6.84. The second-order valence-electron chi connectivity index (χ2n) is 1.81. The third-order valence-corrected chi connectivity index (χ3v) is 1.90. The highest BCUT2D eigenvalue weighted by Crippen LogP contribution is 2.07. The SMILES string of the molecule is N#C/C=N/NC(=O)c1cccs1. The van der Waals surface area contributed by atoms with Crippen molar-refractivity contribution in [2.45, 2.75) is 0 Å². The van der Waals surface area contributed by atoms with Gasteiger partial charge >= 0.3 is 0 Å². The second kappa shape index (κ2) is 4.26. The summed E-state index contributed by atoms with van der Waals surface area (Å²) in [5, 5.41) is 13.2. The van der Waals surface area contributed by atoms with Crippen LogP contribution in [-0.4, -0.2) is 12.1 Å². The lowest BCUT2D eigenvalue weighted by Gasteiger charge is -1.91. The van der Waals surface area contributed by atoms with Gasteiger partial charge < -0.3 is 0 Å². The first-order valence-electron chi connectivity index (χ1n) is 3.09. The highest BCUT2D eigenvalue weighted by molar-refractivity contribution is 7.12. The molecule has 0 aliphatic heterocycles. The molecule has 0 aliphatic carbocycles. The lowest BCUT2D eigenvalue weighted by atomic mass is 10.5. The molecule has 0 spiro atoms. The Kier molecular flexibility index (Phi) is 2.99. The first-order valence-corrected chi connectivity index (χ1v) is 3.97. The number of nitrogens with zero attached hydrogens (tertiary/aromatic N) is 2. The van der Waals surface area contributed by atoms with Gasteiger partial charge in [0.15, 0.2) is 0 Å². The molecule has 1 aromatic heterocycles. The van der Waals surface area contributed by atoms with Gasteiger partial charge in [0.2, 0.25) is 0 Å². The molecule has 1 N–H and O–H groups in total. The molecule has 1 amide bonds. The normalized spacial score (nSPS) is 9.58. The van der Waals surface area contributed by atoms with Gasteiger partial charge in [0.25, 0.3) is 5.91 Å². The topological polar surface area (TPSA) is 65.2 Å². The van der Waals surface area contributed by atoms with Gasteiger partial charge in [0.05, 0.1) is 4.88 Å². The Balaban J connectivity index is 2.52. The van der Waals surface area contributed by atoms with Crippen LogP contribution in [0.2, 0.25) is 0 Å². The van der Waals surface area contributed by atoms with Crippen LogP contribution in [0.1, 0.15) is 9.67 Å². The molecule has 12 heavy (non-hydrogen) atoms. The molecule has 0 aliphatic rings. The molecule has 1 rings (SSSR count). The average molecular weight is 179 g/mol. The number of carbonyl (C=O) groups is 1. The fourth-order valence-electron chi connectivity index (χ4n) is 0.583. The number of nitrogens with one attached hydrogen (secondary N) is 1. The Morgan fingerprint density at radius 2 is 2.67 bits per heavy atom. The van der Waals surface area contributed by atoms with E-state index in [1.54, 1.807) is 23.6 Å². The lowest BCUT2D eigenvalue weighted by molar-refractivity contribution is 0.0959. The fraction of sp³-hybridized carbons (Fsp3) is 0. The number of hydrazone groups is 1. The molecule has 1 aromatic rings. The Hall–Kier alpha value is -1.67. The molecule has 0 saturated heterocycles. The van der Waals surface area contributed by atoms with Gasteiger partial charge in [-0.15, -0.1) is 11.3 Å². The monoisotopic (exact) mass is 179 g/mol. The van der Waals surface area contributed by atoms with Gasteiger partial charge in [-0.2, -0.15) is 10.4 Å². The van der Waals surface area contributed by atoms with E-state index >= 15 is 0 Å². The van der Waals surface area contributed by atoms with E-state index in [2.05, 4.69) is 10.5 Å². The van der Waals surface area contributed by atoms with Gasteiger partial charge in [-0.05, 0) is 11.4 Å². The number of carbonyl (C=O) groups excluding carboxylic acids is 1. The summed E-state index contributed by atoms with van der Waals surface area (Å²) in [4.78, 5) is 11.6. The maximum absolute atomic E-state index is 11.1. The highest BCUT2D eigenvalue weighted by atomic mass is 32.1. The predicted octanol–water partition coefficient (Wildman–Crippen LogP) is 0.987. The number of hydrogen-bond acceptors (Lipinski definition) is 4. The van der Waals surface area contributed by atoms with Crippen LogP contribution in [0.5, 0.6) is 0 Å². The first kappa shape index (κ1) is 8.43. The quantitative estimate of drug-likeness (QED) is 0.543. The van der Waals surface area contributed by atoms with Crippen LogP contribution in [0, 0.1) is 11.3 Å². The smallest absolute Gasteiger partial charge is 0.266 e. The third kappa shape index (κ3) is 2.18. The van der Waals surface area contributed by atoms with E-state index in [-0.39, 0.29) is 5.91 Å². The summed E-state index contributed by atoms with van der Waals surface area (Å²) in [5.41, 5.74) is 2.20. The van der Waals surface area contributed by atoms with Crippen molar-refractivity contribution < 1.29 is 4.79 Å². The van der Waals surface area contributed by atoms with Crippen molar-refractivity contribution in [3.63, 3.8) is 0 Å². The number of nitriles is 1. The largest absolute Gasteiger partial charge is 0.281 e. The summed E-state index contributed by atoms with van der Waals surface area (Å²) >= 11 is 1.32. The molecule has 0 fully saturated rings. The zero-order valence-electron chi connectivity index (χ0n) is 6.02.